The topological polar surface area (TPSA) is 58.6 Å². The molecule has 0 aliphatic rings. The molecule has 1 rings (SSSR count). The summed E-state index contributed by atoms with van der Waals surface area (Å²) in [6, 6.07) is 9.78. The Balaban J connectivity index is 2.34. The summed E-state index contributed by atoms with van der Waals surface area (Å²) in [6.07, 6.45) is -0.219. The van der Waals surface area contributed by atoms with Gasteiger partial charge in [-0.15, -0.1) is 0 Å². The van der Waals surface area contributed by atoms with Crippen LogP contribution in [0.2, 0.25) is 0 Å². The first-order valence-corrected chi connectivity index (χ1v) is 7.41. The summed E-state index contributed by atoms with van der Waals surface area (Å²) in [5.41, 5.74) is 0.912. The third-order valence-corrected chi connectivity index (χ3v) is 3.30. The number of hydrogen-bond donors (Lipinski definition) is 2. The van der Waals surface area contributed by atoms with E-state index in [-0.39, 0.29) is 17.4 Å². The van der Waals surface area contributed by atoms with E-state index in [0.717, 1.165) is 5.56 Å². The lowest BCUT2D eigenvalue weighted by atomic mass is 9.87. The Labute approximate surface area is 127 Å². The number of hydrogen-bond acceptors (Lipinski definition) is 3. The molecule has 4 heteroatoms. The van der Waals surface area contributed by atoms with Crippen LogP contribution in [-0.4, -0.2) is 29.8 Å². The summed E-state index contributed by atoms with van der Waals surface area (Å²) in [6.45, 7) is 8.50. The summed E-state index contributed by atoms with van der Waals surface area (Å²) in [7, 11) is 0. The van der Waals surface area contributed by atoms with Crippen LogP contribution in [0.1, 0.15) is 39.7 Å². The number of nitrogens with one attached hydrogen (secondary N) is 1. The van der Waals surface area contributed by atoms with Gasteiger partial charge in [-0.25, -0.2) is 0 Å². The molecule has 0 aromatic heterocycles. The molecule has 0 bridgehead atoms. The van der Waals surface area contributed by atoms with Gasteiger partial charge in [-0.1, -0.05) is 44.2 Å². The fraction of sp³-hybridized carbons (Fsp3) is 0.588. The van der Waals surface area contributed by atoms with E-state index in [0.29, 0.717) is 19.6 Å². The molecule has 4 nitrogen and oxygen atoms in total. The highest BCUT2D eigenvalue weighted by molar-refractivity contribution is 5.80. The van der Waals surface area contributed by atoms with Crippen LogP contribution in [0.15, 0.2) is 30.3 Å². The van der Waals surface area contributed by atoms with Crippen LogP contribution in [0.3, 0.4) is 0 Å². The molecule has 1 aromatic carbocycles. The van der Waals surface area contributed by atoms with E-state index in [1.807, 2.05) is 44.2 Å². The summed E-state index contributed by atoms with van der Waals surface area (Å²) in [5.74, 6) is -0.121. The average Bonchev–Trinajstić information content (AvgIpc) is 2.42. The highest BCUT2D eigenvalue weighted by Gasteiger charge is 2.22. The number of aliphatic hydroxyl groups excluding tert-OH is 1. The molecule has 0 fully saturated rings. The van der Waals surface area contributed by atoms with Gasteiger partial charge in [0.2, 0.25) is 5.91 Å². The Morgan fingerprint density at radius 1 is 1.29 bits per heavy atom. The third-order valence-electron chi connectivity index (χ3n) is 3.30. The van der Waals surface area contributed by atoms with E-state index in [1.54, 1.807) is 13.8 Å². The molecule has 2 atom stereocenters. The highest BCUT2D eigenvalue weighted by atomic mass is 16.5. The Morgan fingerprint density at radius 2 is 1.90 bits per heavy atom. The predicted molar refractivity (Wildman–Crippen MR) is 83.8 cm³/mol. The molecule has 1 amide bonds. The van der Waals surface area contributed by atoms with Crippen molar-refractivity contribution in [3.8, 4) is 0 Å². The number of aliphatic hydroxyl groups is 1. The van der Waals surface area contributed by atoms with E-state index >= 15 is 0 Å². The summed E-state index contributed by atoms with van der Waals surface area (Å²) in [4.78, 5) is 12.0. The lowest BCUT2D eigenvalue weighted by Gasteiger charge is -2.27. The van der Waals surface area contributed by atoms with Crippen molar-refractivity contribution in [3.05, 3.63) is 35.9 Å². The molecule has 0 aliphatic heterocycles. The number of rotatable bonds is 8. The van der Waals surface area contributed by atoms with Crippen LogP contribution in [0, 0.1) is 5.41 Å². The maximum atomic E-state index is 12.0. The predicted octanol–water partition coefficient (Wildman–Crippen LogP) is 2.51. The lowest BCUT2D eigenvalue weighted by Crippen LogP contribution is -2.40. The van der Waals surface area contributed by atoms with Crippen molar-refractivity contribution in [2.45, 2.75) is 52.9 Å². The second kappa shape index (κ2) is 8.15. The molecule has 0 aliphatic carbocycles. The molecule has 118 valence electrons. The maximum Gasteiger partial charge on any atom is 0.248 e. The average molecular weight is 293 g/mol. The molecule has 0 radical (unpaired) electrons. The van der Waals surface area contributed by atoms with Crippen LogP contribution in [-0.2, 0) is 16.1 Å². The molecular weight excluding hydrogens is 266 g/mol. The zero-order valence-electron chi connectivity index (χ0n) is 13.4. The summed E-state index contributed by atoms with van der Waals surface area (Å²) in [5, 5.41) is 12.3. The Bertz CT molecular complexity index is 429. The first kappa shape index (κ1) is 17.7. The summed E-state index contributed by atoms with van der Waals surface area (Å²) >= 11 is 0. The molecule has 0 saturated carbocycles. The van der Waals surface area contributed by atoms with E-state index in [9.17, 15) is 9.90 Å². The molecule has 2 N–H and O–H groups in total. The quantitative estimate of drug-likeness (QED) is 0.774. The summed E-state index contributed by atoms with van der Waals surface area (Å²) < 4.78 is 5.57. The number of carbonyl (C=O) groups excluding carboxylic acids is 1. The zero-order chi connectivity index (χ0) is 15.9. The van der Waals surface area contributed by atoms with Gasteiger partial charge >= 0.3 is 0 Å². The Hall–Kier alpha value is -1.39. The number of benzene rings is 1. The van der Waals surface area contributed by atoms with Crippen molar-refractivity contribution < 1.29 is 14.6 Å². The van der Waals surface area contributed by atoms with Crippen LogP contribution < -0.4 is 5.32 Å². The molecule has 21 heavy (non-hydrogen) atoms. The van der Waals surface area contributed by atoms with Gasteiger partial charge in [-0.05, 0) is 31.2 Å². The van der Waals surface area contributed by atoms with Crippen molar-refractivity contribution in [1.29, 1.82) is 0 Å². The van der Waals surface area contributed by atoms with E-state index in [1.165, 1.54) is 0 Å². The minimum Gasteiger partial charge on any atom is -0.393 e. The minimum absolute atomic E-state index is 0.121. The van der Waals surface area contributed by atoms with Crippen LogP contribution in [0.25, 0.3) is 0 Å². The van der Waals surface area contributed by atoms with Gasteiger partial charge < -0.3 is 15.2 Å². The Morgan fingerprint density at radius 3 is 2.48 bits per heavy atom. The van der Waals surface area contributed by atoms with Crippen molar-refractivity contribution in [1.82, 2.24) is 5.32 Å². The van der Waals surface area contributed by atoms with Crippen molar-refractivity contribution in [2.24, 2.45) is 5.41 Å². The van der Waals surface area contributed by atoms with Gasteiger partial charge in [0.15, 0.2) is 0 Å². The second-order valence-corrected chi connectivity index (χ2v) is 6.37. The molecule has 2 unspecified atom stereocenters. The molecular formula is C17H27NO3. The number of carbonyl (C=O) groups is 1. The highest BCUT2D eigenvalue weighted by Crippen LogP contribution is 2.21. The van der Waals surface area contributed by atoms with Gasteiger partial charge in [0.1, 0.15) is 6.10 Å². The maximum absolute atomic E-state index is 12.0. The smallest absolute Gasteiger partial charge is 0.248 e. The molecule has 0 spiro atoms. The molecule has 0 saturated heterocycles. The van der Waals surface area contributed by atoms with Gasteiger partial charge in [0.25, 0.3) is 0 Å². The Kier molecular flexibility index (Phi) is 6.85. The van der Waals surface area contributed by atoms with Crippen molar-refractivity contribution in [2.75, 3.05) is 6.54 Å². The standard InChI is InChI=1S/C17H27NO3/c1-13(19)10-17(3,4)12-18-16(20)14(2)21-11-15-8-6-5-7-9-15/h5-9,13-14,19H,10-12H2,1-4H3,(H,18,20). The SMILES string of the molecule is CC(O)CC(C)(C)CNC(=O)C(C)OCc1ccccc1. The van der Waals surface area contributed by atoms with E-state index in [2.05, 4.69) is 5.32 Å². The zero-order valence-corrected chi connectivity index (χ0v) is 13.4. The van der Waals surface area contributed by atoms with Gasteiger partial charge in [0.05, 0.1) is 12.7 Å². The van der Waals surface area contributed by atoms with Gasteiger partial charge in [0, 0.05) is 6.54 Å². The monoisotopic (exact) mass is 293 g/mol. The molecule has 0 heterocycles. The fourth-order valence-corrected chi connectivity index (χ4v) is 2.21. The first-order valence-electron chi connectivity index (χ1n) is 7.41. The molecule has 1 aromatic rings. The van der Waals surface area contributed by atoms with Crippen molar-refractivity contribution >= 4 is 5.91 Å². The van der Waals surface area contributed by atoms with Crippen molar-refractivity contribution in [3.63, 3.8) is 0 Å². The van der Waals surface area contributed by atoms with Gasteiger partial charge in [-0.2, -0.15) is 0 Å². The minimum atomic E-state index is -0.493. The van der Waals surface area contributed by atoms with Gasteiger partial charge in [-0.3, -0.25) is 4.79 Å². The van der Waals surface area contributed by atoms with E-state index < -0.39 is 6.10 Å². The second-order valence-electron chi connectivity index (χ2n) is 6.37. The van der Waals surface area contributed by atoms with Crippen LogP contribution in [0.5, 0.6) is 0 Å². The first-order chi connectivity index (χ1) is 9.80. The third kappa shape index (κ3) is 7.25. The normalized spacial score (nSPS) is 14.5. The number of ether oxygens (including phenoxy) is 1. The number of amides is 1. The van der Waals surface area contributed by atoms with Crippen LogP contribution >= 0.6 is 0 Å². The van der Waals surface area contributed by atoms with Crippen LogP contribution in [0.4, 0.5) is 0 Å². The lowest BCUT2D eigenvalue weighted by molar-refractivity contribution is -0.133. The fourth-order valence-electron chi connectivity index (χ4n) is 2.21. The largest absolute Gasteiger partial charge is 0.393 e. The van der Waals surface area contributed by atoms with E-state index in [4.69, 9.17) is 4.74 Å².